The Morgan fingerprint density at radius 2 is 2.16 bits per heavy atom. The zero-order valence-corrected chi connectivity index (χ0v) is 10.7. The Balaban J connectivity index is 2.83. The number of oxazole rings is 1. The Morgan fingerprint density at radius 1 is 1.47 bits per heavy atom. The van der Waals surface area contributed by atoms with Gasteiger partial charge < -0.3 is 14.1 Å². The maximum Gasteiger partial charge on any atom is 0.406 e. The van der Waals surface area contributed by atoms with Gasteiger partial charge in [0.2, 0.25) is 0 Å². The first-order valence-electron chi connectivity index (χ1n) is 5.81. The molecule has 0 unspecified atom stereocenters. The highest BCUT2D eigenvalue weighted by molar-refractivity contribution is 5.87. The lowest BCUT2D eigenvalue weighted by Gasteiger charge is -2.21. The van der Waals surface area contributed by atoms with E-state index in [1.807, 2.05) is 0 Å². The van der Waals surface area contributed by atoms with Crippen molar-refractivity contribution in [3.05, 3.63) is 12.0 Å². The zero-order chi connectivity index (χ0) is 14.5. The van der Waals surface area contributed by atoms with Crippen molar-refractivity contribution >= 4 is 12.0 Å². The van der Waals surface area contributed by atoms with E-state index in [2.05, 4.69) is 9.72 Å². The lowest BCUT2D eigenvalue weighted by Crippen LogP contribution is -2.35. The minimum Gasteiger partial charge on any atom is -0.461 e. The molecule has 19 heavy (non-hydrogen) atoms. The molecule has 8 heteroatoms. The molecule has 0 saturated heterocycles. The molecule has 0 aliphatic rings. The number of hydrogen-bond donors (Lipinski definition) is 0. The van der Waals surface area contributed by atoms with Crippen LogP contribution in [-0.4, -0.2) is 36.8 Å². The number of aromatic nitrogens is 1. The molecule has 5 nitrogen and oxygen atoms in total. The van der Waals surface area contributed by atoms with Crippen LogP contribution in [0.25, 0.3) is 0 Å². The topological polar surface area (TPSA) is 55.6 Å². The van der Waals surface area contributed by atoms with Gasteiger partial charge >= 0.3 is 12.1 Å². The van der Waals surface area contributed by atoms with Gasteiger partial charge in [-0.15, -0.1) is 0 Å². The summed E-state index contributed by atoms with van der Waals surface area (Å²) in [5, 5.41) is 0. The Morgan fingerprint density at radius 3 is 2.68 bits per heavy atom. The van der Waals surface area contributed by atoms with E-state index in [-0.39, 0.29) is 24.9 Å². The lowest BCUT2D eigenvalue weighted by molar-refractivity contribution is -0.120. The largest absolute Gasteiger partial charge is 0.461 e. The molecule has 0 spiro atoms. The van der Waals surface area contributed by atoms with Crippen molar-refractivity contribution in [1.29, 1.82) is 0 Å². The normalized spacial score (nSPS) is 11.4. The maximum atomic E-state index is 12.4. The smallest absolute Gasteiger partial charge is 0.406 e. The Hall–Kier alpha value is -1.73. The molecule has 0 bridgehead atoms. The number of nitrogens with zero attached hydrogens (tertiary/aromatic N) is 2. The maximum absolute atomic E-state index is 12.4. The van der Waals surface area contributed by atoms with Crippen LogP contribution in [0.3, 0.4) is 0 Å². The lowest BCUT2D eigenvalue weighted by atomic mass is 10.4. The highest BCUT2D eigenvalue weighted by Gasteiger charge is 2.32. The van der Waals surface area contributed by atoms with Gasteiger partial charge in [0.1, 0.15) is 12.8 Å². The highest BCUT2D eigenvalue weighted by Crippen LogP contribution is 2.22. The van der Waals surface area contributed by atoms with E-state index in [4.69, 9.17) is 4.42 Å². The van der Waals surface area contributed by atoms with Gasteiger partial charge in [0, 0.05) is 6.54 Å². The van der Waals surface area contributed by atoms with Crippen LogP contribution in [0.15, 0.2) is 10.7 Å². The Bertz CT molecular complexity index is 418. The van der Waals surface area contributed by atoms with E-state index in [9.17, 15) is 18.0 Å². The van der Waals surface area contributed by atoms with Gasteiger partial charge in [0.25, 0.3) is 6.01 Å². The van der Waals surface area contributed by atoms with Crippen molar-refractivity contribution in [2.75, 3.05) is 24.6 Å². The predicted octanol–water partition coefficient (Wildman–Crippen LogP) is 2.63. The average molecular weight is 280 g/mol. The van der Waals surface area contributed by atoms with Gasteiger partial charge in [0.15, 0.2) is 5.69 Å². The van der Waals surface area contributed by atoms with Gasteiger partial charge in [-0.3, -0.25) is 0 Å². The number of rotatable bonds is 6. The Kier molecular flexibility index (Phi) is 5.20. The fraction of sp³-hybridized carbons (Fsp3) is 0.636. The van der Waals surface area contributed by atoms with E-state index < -0.39 is 18.7 Å². The predicted molar refractivity (Wildman–Crippen MR) is 61.0 cm³/mol. The molecule has 0 aliphatic carbocycles. The summed E-state index contributed by atoms with van der Waals surface area (Å²) in [7, 11) is 0. The van der Waals surface area contributed by atoms with E-state index in [1.165, 1.54) is 0 Å². The van der Waals surface area contributed by atoms with Gasteiger partial charge in [-0.1, -0.05) is 6.92 Å². The summed E-state index contributed by atoms with van der Waals surface area (Å²) in [5.41, 5.74) is -0.139. The van der Waals surface area contributed by atoms with Crippen LogP contribution >= 0.6 is 0 Å². The standard InChI is InChI=1S/C11H15F3N2O3/c1-3-5-16(7-11(12,13)14)10-15-8(6-19-10)9(17)18-4-2/h6H,3-5,7H2,1-2H3. The molecular formula is C11H15F3N2O3. The molecule has 1 heterocycles. The van der Waals surface area contributed by atoms with E-state index >= 15 is 0 Å². The molecule has 1 rings (SSSR count). The quantitative estimate of drug-likeness (QED) is 0.750. The van der Waals surface area contributed by atoms with Crippen molar-refractivity contribution < 1.29 is 27.1 Å². The fourth-order valence-electron chi connectivity index (χ4n) is 1.44. The third kappa shape index (κ3) is 4.80. The minimum absolute atomic E-state index is 0.127. The second-order valence-electron chi connectivity index (χ2n) is 3.77. The van der Waals surface area contributed by atoms with E-state index in [0.29, 0.717) is 6.42 Å². The molecule has 108 valence electrons. The van der Waals surface area contributed by atoms with Crippen LogP contribution in [0, 0.1) is 0 Å². The molecule has 1 aromatic heterocycles. The SMILES string of the molecule is CCCN(CC(F)(F)F)c1nc(C(=O)OCC)co1. The Labute approximate surface area is 108 Å². The second-order valence-corrected chi connectivity index (χ2v) is 3.77. The molecule has 0 radical (unpaired) electrons. The first kappa shape index (κ1) is 15.3. The van der Waals surface area contributed by atoms with Crippen LogP contribution in [0.5, 0.6) is 0 Å². The number of carbonyl (C=O) groups is 1. The van der Waals surface area contributed by atoms with Gasteiger partial charge in [-0.25, -0.2) is 4.79 Å². The summed E-state index contributed by atoms with van der Waals surface area (Å²) in [6, 6.07) is -0.234. The third-order valence-corrected chi connectivity index (χ3v) is 2.11. The molecule has 0 saturated carbocycles. The number of hydrogen-bond acceptors (Lipinski definition) is 5. The van der Waals surface area contributed by atoms with Gasteiger partial charge in [-0.2, -0.15) is 18.2 Å². The summed E-state index contributed by atoms with van der Waals surface area (Å²) in [4.78, 5) is 16.0. The molecule has 0 fully saturated rings. The molecule has 0 atom stereocenters. The van der Waals surface area contributed by atoms with Crippen LogP contribution in [-0.2, 0) is 4.74 Å². The summed E-state index contributed by atoms with van der Waals surface area (Å²) in [6.07, 6.45) is -2.88. The number of alkyl halides is 3. The molecule has 0 aliphatic heterocycles. The highest BCUT2D eigenvalue weighted by atomic mass is 19.4. The molecular weight excluding hydrogens is 265 g/mol. The molecule has 1 aromatic rings. The molecule has 0 N–H and O–H groups in total. The molecule has 0 aromatic carbocycles. The summed E-state index contributed by atoms with van der Waals surface area (Å²) < 4.78 is 46.8. The van der Waals surface area contributed by atoms with Gasteiger partial charge in [-0.05, 0) is 13.3 Å². The van der Waals surface area contributed by atoms with Crippen molar-refractivity contribution in [3.63, 3.8) is 0 Å². The summed E-state index contributed by atoms with van der Waals surface area (Å²) in [6.45, 7) is 2.46. The van der Waals surface area contributed by atoms with Crippen molar-refractivity contribution in [3.8, 4) is 0 Å². The summed E-state index contributed by atoms with van der Waals surface area (Å²) >= 11 is 0. The van der Waals surface area contributed by atoms with Crippen molar-refractivity contribution in [2.45, 2.75) is 26.4 Å². The van der Waals surface area contributed by atoms with Crippen LogP contribution in [0.1, 0.15) is 30.8 Å². The third-order valence-electron chi connectivity index (χ3n) is 2.11. The monoisotopic (exact) mass is 280 g/mol. The number of halogens is 3. The van der Waals surface area contributed by atoms with E-state index in [1.54, 1.807) is 13.8 Å². The molecule has 0 amide bonds. The summed E-state index contributed by atoms with van der Waals surface area (Å²) in [5.74, 6) is -0.721. The van der Waals surface area contributed by atoms with Crippen LogP contribution in [0.4, 0.5) is 19.2 Å². The first-order chi connectivity index (χ1) is 8.87. The minimum atomic E-state index is -4.37. The van der Waals surface area contributed by atoms with E-state index in [0.717, 1.165) is 11.2 Å². The number of ether oxygens (including phenoxy) is 1. The number of carbonyl (C=O) groups excluding carboxylic acids is 1. The average Bonchev–Trinajstić information content (AvgIpc) is 2.76. The van der Waals surface area contributed by atoms with Crippen LogP contribution in [0.2, 0.25) is 0 Å². The first-order valence-corrected chi connectivity index (χ1v) is 5.81. The number of esters is 1. The van der Waals surface area contributed by atoms with Crippen molar-refractivity contribution in [2.24, 2.45) is 0 Å². The fourth-order valence-corrected chi connectivity index (χ4v) is 1.44. The zero-order valence-electron chi connectivity index (χ0n) is 10.7. The van der Waals surface area contributed by atoms with Crippen LogP contribution < -0.4 is 4.90 Å². The van der Waals surface area contributed by atoms with Gasteiger partial charge in [0.05, 0.1) is 6.61 Å². The second kappa shape index (κ2) is 6.44. The number of anilines is 1. The van der Waals surface area contributed by atoms with Crippen molar-refractivity contribution in [1.82, 2.24) is 4.98 Å².